The fraction of sp³-hybridized carbons (Fsp3) is 0.167. The van der Waals surface area contributed by atoms with Gasteiger partial charge in [0, 0.05) is 41.7 Å². The van der Waals surface area contributed by atoms with E-state index in [1.165, 1.54) is 31.4 Å². The molecule has 2 aromatic heterocycles. The monoisotopic (exact) mass is 625 g/mol. The first-order valence-electron chi connectivity index (χ1n) is 12.5. The molecule has 0 aliphatic carbocycles. The number of methoxy groups -OCH3 is 1. The van der Waals surface area contributed by atoms with Gasteiger partial charge in [0.25, 0.3) is 0 Å². The molecule has 0 spiro atoms. The lowest BCUT2D eigenvalue weighted by Gasteiger charge is -2.12. The number of carboxylic acid groups (broad SMARTS) is 1. The van der Waals surface area contributed by atoms with Crippen LogP contribution in [0.3, 0.4) is 0 Å². The normalized spacial score (nSPS) is 11.2. The number of aromatic carboxylic acids is 1. The molecule has 5 rings (SSSR count). The van der Waals surface area contributed by atoms with Crippen molar-refractivity contribution >= 4 is 32.9 Å². The zero-order valence-corrected chi connectivity index (χ0v) is 23.3. The first-order chi connectivity index (χ1) is 19.7. The molecule has 210 valence electrons. The molecular formula is C30H23BrF3N3O4. The van der Waals surface area contributed by atoms with Gasteiger partial charge in [0.2, 0.25) is 5.88 Å². The van der Waals surface area contributed by atoms with E-state index in [-0.39, 0.29) is 41.3 Å². The highest BCUT2D eigenvalue weighted by Crippen LogP contribution is 2.28. The summed E-state index contributed by atoms with van der Waals surface area (Å²) in [6.45, 7) is 0.557. The van der Waals surface area contributed by atoms with Crippen molar-refractivity contribution < 1.29 is 32.5 Å². The van der Waals surface area contributed by atoms with Gasteiger partial charge in [-0.25, -0.2) is 27.9 Å². The molecule has 0 aliphatic heterocycles. The Morgan fingerprint density at radius 2 is 1.76 bits per heavy atom. The number of pyridine rings is 1. The predicted octanol–water partition coefficient (Wildman–Crippen LogP) is 6.79. The number of carboxylic acids is 1. The first-order valence-corrected chi connectivity index (χ1v) is 13.3. The molecule has 7 nitrogen and oxygen atoms in total. The minimum atomic E-state index is -1.08. The summed E-state index contributed by atoms with van der Waals surface area (Å²) in [7, 11) is 1.53. The van der Waals surface area contributed by atoms with E-state index in [1.807, 2.05) is 0 Å². The van der Waals surface area contributed by atoms with E-state index in [9.17, 15) is 14.3 Å². The number of benzene rings is 3. The van der Waals surface area contributed by atoms with E-state index in [2.05, 4.69) is 25.9 Å². The summed E-state index contributed by atoms with van der Waals surface area (Å²) in [5, 5.41) is 9.38. The van der Waals surface area contributed by atoms with E-state index in [0.717, 1.165) is 12.1 Å². The van der Waals surface area contributed by atoms with E-state index < -0.39 is 23.4 Å². The molecule has 5 aromatic rings. The minimum absolute atomic E-state index is 0.0425. The van der Waals surface area contributed by atoms with Gasteiger partial charge in [-0.1, -0.05) is 28.1 Å². The quantitative estimate of drug-likeness (QED) is 0.184. The van der Waals surface area contributed by atoms with Crippen molar-refractivity contribution in [2.45, 2.75) is 19.6 Å². The third-order valence-electron chi connectivity index (χ3n) is 6.47. The summed E-state index contributed by atoms with van der Waals surface area (Å²) >= 11 is 3.20. The maximum absolute atomic E-state index is 15.3. The summed E-state index contributed by atoms with van der Waals surface area (Å²) in [6.07, 6.45) is -0.0425. The molecule has 1 N–H and O–H groups in total. The molecule has 11 heteroatoms. The smallest absolute Gasteiger partial charge is 0.335 e. The highest BCUT2D eigenvalue weighted by Gasteiger charge is 2.18. The number of rotatable bonds is 10. The van der Waals surface area contributed by atoms with Crippen LogP contribution in [0.25, 0.3) is 22.3 Å². The van der Waals surface area contributed by atoms with Gasteiger partial charge in [-0.15, -0.1) is 0 Å². The van der Waals surface area contributed by atoms with Crippen molar-refractivity contribution in [3.8, 4) is 17.1 Å². The van der Waals surface area contributed by atoms with E-state index in [1.54, 1.807) is 34.9 Å². The highest BCUT2D eigenvalue weighted by molar-refractivity contribution is 9.10. The molecule has 0 fully saturated rings. The van der Waals surface area contributed by atoms with Gasteiger partial charge in [0.05, 0.1) is 28.9 Å². The number of carbonyl (C=O) groups is 1. The van der Waals surface area contributed by atoms with E-state index in [0.29, 0.717) is 40.0 Å². The second-order valence-electron chi connectivity index (χ2n) is 9.17. The number of ether oxygens (including phenoxy) is 2. The second kappa shape index (κ2) is 12.1. The number of hydrogen-bond acceptors (Lipinski definition) is 5. The predicted molar refractivity (Wildman–Crippen MR) is 149 cm³/mol. The summed E-state index contributed by atoms with van der Waals surface area (Å²) in [5.74, 6) is -2.33. The summed E-state index contributed by atoms with van der Waals surface area (Å²) in [4.78, 5) is 20.3. The molecule has 0 atom stereocenters. The Kier molecular flexibility index (Phi) is 8.36. The third kappa shape index (κ3) is 6.26. The lowest BCUT2D eigenvalue weighted by molar-refractivity contribution is 0.0697. The van der Waals surface area contributed by atoms with E-state index in [4.69, 9.17) is 9.47 Å². The van der Waals surface area contributed by atoms with Crippen LogP contribution in [0.5, 0.6) is 5.88 Å². The summed E-state index contributed by atoms with van der Waals surface area (Å²) < 4.78 is 57.9. The Hall–Kier alpha value is -4.22. The number of hydrogen-bond donors (Lipinski definition) is 1. The van der Waals surface area contributed by atoms with Crippen LogP contribution in [-0.4, -0.2) is 39.3 Å². The molecule has 0 bridgehead atoms. The van der Waals surface area contributed by atoms with Crippen LogP contribution in [-0.2, 0) is 24.3 Å². The maximum atomic E-state index is 15.3. The highest BCUT2D eigenvalue weighted by atomic mass is 79.9. The number of fused-ring (bicyclic) bond motifs is 1. The van der Waals surface area contributed by atoms with Gasteiger partial charge in [0.15, 0.2) is 0 Å². The number of nitrogens with zero attached hydrogens (tertiary/aromatic N) is 3. The lowest BCUT2D eigenvalue weighted by Crippen LogP contribution is -2.10. The summed E-state index contributed by atoms with van der Waals surface area (Å²) in [6, 6.07) is 15.9. The van der Waals surface area contributed by atoms with Crippen molar-refractivity contribution in [2.75, 3.05) is 13.7 Å². The van der Waals surface area contributed by atoms with Crippen LogP contribution >= 0.6 is 15.9 Å². The van der Waals surface area contributed by atoms with Gasteiger partial charge in [0.1, 0.15) is 29.9 Å². The van der Waals surface area contributed by atoms with Gasteiger partial charge in [-0.05, 0) is 54.1 Å². The van der Waals surface area contributed by atoms with Crippen molar-refractivity contribution in [1.29, 1.82) is 0 Å². The average Bonchev–Trinajstić information content (AvgIpc) is 3.29. The number of aromatic nitrogens is 3. The SMILES string of the molecule is COCCn1c(Cc2cc(F)c(-c3cccc(OCc4ccc(Br)cc4F)n3)cc2F)nc2ccc(C(=O)O)cc21. The molecule has 41 heavy (non-hydrogen) atoms. The topological polar surface area (TPSA) is 86.5 Å². The Morgan fingerprint density at radius 1 is 0.951 bits per heavy atom. The molecule has 2 heterocycles. The standard InChI is InChI=1S/C30H23BrF3N3O4/c1-40-10-9-37-27-12-17(30(38)39)6-8-26(27)35-28(37)13-19-11-24(34)21(15-23(19)33)25-3-2-4-29(36-25)41-16-18-5-7-20(31)14-22(18)32/h2-8,11-12,14-15H,9-10,13,16H2,1H3,(H,38,39). The number of imidazole rings is 1. The van der Waals surface area contributed by atoms with Crippen LogP contribution in [0.15, 0.2) is 71.2 Å². The zero-order chi connectivity index (χ0) is 29.1. The van der Waals surface area contributed by atoms with Crippen molar-refractivity contribution in [3.05, 3.63) is 111 Å². The fourth-order valence-corrected chi connectivity index (χ4v) is 4.73. The Bertz CT molecular complexity index is 1760. The van der Waals surface area contributed by atoms with Crippen molar-refractivity contribution in [1.82, 2.24) is 14.5 Å². The molecular weight excluding hydrogens is 603 g/mol. The molecule has 0 saturated carbocycles. The Morgan fingerprint density at radius 3 is 2.51 bits per heavy atom. The van der Waals surface area contributed by atoms with E-state index >= 15 is 8.78 Å². The first kappa shape index (κ1) is 28.3. The fourth-order valence-electron chi connectivity index (χ4n) is 4.40. The minimum Gasteiger partial charge on any atom is -0.478 e. The molecule has 0 saturated heterocycles. The van der Waals surface area contributed by atoms with Crippen molar-refractivity contribution in [2.24, 2.45) is 0 Å². The average molecular weight is 626 g/mol. The summed E-state index contributed by atoms with van der Waals surface area (Å²) in [5.41, 5.74) is 1.64. The van der Waals surface area contributed by atoms with Gasteiger partial charge in [-0.2, -0.15) is 0 Å². The van der Waals surface area contributed by atoms with Crippen LogP contribution in [0.2, 0.25) is 0 Å². The largest absolute Gasteiger partial charge is 0.478 e. The van der Waals surface area contributed by atoms with Crippen LogP contribution in [0.1, 0.15) is 27.3 Å². The second-order valence-corrected chi connectivity index (χ2v) is 10.1. The van der Waals surface area contributed by atoms with Crippen LogP contribution in [0, 0.1) is 17.5 Å². The van der Waals surface area contributed by atoms with Gasteiger partial charge in [-0.3, -0.25) is 0 Å². The molecule has 3 aromatic carbocycles. The number of halogens is 4. The van der Waals surface area contributed by atoms with Crippen molar-refractivity contribution in [3.63, 3.8) is 0 Å². The third-order valence-corrected chi connectivity index (χ3v) is 6.96. The lowest BCUT2D eigenvalue weighted by atomic mass is 10.0. The van der Waals surface area contributed by atoms with Gasteiger partial charge < -0.3 is 19.1 Å². The zero-order valence-electron chi connectivity index (χ0n) is 21.7. The van der Waals surface area contributed by atoms with Crippen LogP contribution < -0.4 is 4.74 Å². The van der Waals surface area contributed by atoms with Crippen LogP contribution in [0.4, 0.5) is 13.2 Å². The molecule has 0 radical (unpaired) electrons. The molecule has 0 unspecified atom stereocenters. The molecule has 0 aliphatic rings. The maximum Gasteiger partial charge on any atom is 0.335 e. The van der Waals surface area contributed by atoms with Gasteiger partial charge >= 0.3 is 5.97 Å². The molecule has 0 amide bonds. The Labute approximate surface area is 241 Å². The Balaban J connectivity index is 1.41.